The van der Waals surface area contributed by atoms with Gasteiger partial charge < -0.3 is 20.1 Å². The number of benzene rings is 1. The van der Waals surface area contributed by atoms with E-state index < -0.39 is 0 Å². The summed E-state index contributed by atoms with van der Waals surface area (Å²) in [7, 11) is 0. The Labute approximate surface area is 105 Å². The van der Waals surface area contributed by atoms with Gasteiger partial charge in [0.1, 0.15) is 5.58 Å². The molecule has 0 aliphatic carbocycles. The molecular weight excluding hydrogens is 232 g/mol. The fourth-order valence-electron chi connectivity index (χ4n) is 1.70. The minimum atomic E-state index is -0.0855. The third-order valence-electron chi connectivity index (χ3n) is 2.63. The Balaban J connectivity index is 2.44. The van der Waals surface area contributed by atoms with Crippen molar-refractivity contribution in [1.82, 2.24) is 0 Å². The van der Waals surface area contributed by atoms with E-state index in [1.54, 1.807) is 0 Å². The lowest BCUT2D eigenvalue weighted by Gasteiger charge is -2.04. The SMILES string of the molecule is CCCCOc1c(/C(N)=N/O)oc2ccccc12. The summed E-state index contributed by atoms with van der Waals surface area (Å²) in [5.74, 6) is 0.724. The van der Waals surface area contributed by atoms with E-state index in [9.17, 15) is 0 Å². The van der Waals surface area contributed by atoms with Gasteiger partial charge in [-0.3, -0.25) is 0 Å². The molecule has 96 valence electrons. The highest BCUT2D eigenvalue weighted by Gasteiger charge is 2.18. The molecule has 18 heavy (non-hydrogen) atoms. The molecule has 0 amide bonds. The number of para-hydroxylation sites is 1. The molecule has 0 aliphatic rings. The van der Waals surface area contributed by atoms with E-state index in [0.29, 0.717) is 17.9 Å². The standard InChI is InChI=1S/C13H16N2O3/c1-2-3-8-17-11-9-6-4-5-7-10(9)18-12(11)13(14)15-16/h4-7,16H,2-3,8H2,1H3,(H2,14,15). The maximum absolute atomic E-state index is 8.76. The van der Waals surface area contributed by atoms with Gasteiger partial charge in [0.15, 0.2) is 5.75 Å². The number of nitrogens with zero attached hydrogens (tertiary/aromatic N) is 1. The fraction of sp³-hybridized carbons (Fsp3) is 0.308. The van der Waals surface area contributed by atoms with E-state index in [4.69, 9.17) is 20.1 Å². The zero-order valence-corrected chi connectivity index (χ0v) is 10.2. The second-order valence-corrected chi connectivity index (χ2v) is 3.94. The van der Waals surface area contributed by atoms with Crippen LogP contribution in [0.3, 0.4) is 0 Å². The Morgan fingerprint density at radius 1 is 1.44 bits per heavy atom. The van der Waals surface area contributed by atoms with Gasteiger partial charge in [-0.1, -0.05) is 30.6 Å². The summed E-state index contributed by atoms with van der Waals surface area (Å²) in [4.78, 5) is 0. The number of furan rings is 1. The number of oxime groups is 1. The maximum Gasteiger partial charge on any atom is 0.215 e. The summed E-state index contributed by atoms with van der Waals surface area (Å²) in [5.41, 5.74) is 6.25. The van der Waals surface area contributed by atoms with Crippen molar-refractivity contribution in [3.8, 4) is 5.75 Å². The lowest BCUT2D eigenvalue weighted by molar-refractivity contribution is 0.303. The number of unbranched alkanes of at least 4 members (excludes halogenated alkanes) is 1. The van der Waals surface area contributed by atoms with Gasteiger partial charge in [-0.15, -0.1) is 0 Å². The predicted octanol–water partition coefficient (Wildman–Crippen LogP) is 2.71. The monoisotopic (exact) mass is 248 g/mol. The molecular formula is C13H16N2O3. The molecule has 0 unspecified atom stereocenters. The van der Waals surface area contributed by atoms with E-state index >= 15 is 0 Å². The summed E-state index contributed by atoms with van der Waals surface area (Å²) in [6, 6.07) is 7.45. The minimum absolute atomic E-state index is 0.0855. The maximum atomic E-state index is 8.76. The number of amidine groups is 1. The number of hydrogen-bond acceptors (Lipinski definition) is 4. The van der Waals surface area contributed by atoms with Gasteiger partial charge in [0.05, 0.1) is 12.0 Å². The van der Waals surface area contributed by atoms with Crippen molar-refractivity contribution in [3.63, 3.8) is 0 Å². The third kappa shape index (κ3) is 2.25. The zero-order valence-electron chi connectivity index (χ0n) is 10.2. The molecule has 5 nitrogen and oxygen atoms in total. The summed E-state index contributed by atoms with van der Waals surface area (Å²) in [6.45, 7) is 2.66. The first kappa shape index (κ1) is 12.3. The van der Waals surface area contributed by atoms with Gasteiger partial charge in [0.2, 0.25) is 11.6 Å². The van der Waals surface area contributed by atoms with Gasteiger partial charge in [0.25, 0.3) is 0 Å². The van der Waals surface area contributed by atoms with Gasteiger partial charge in [0, 0.05) is 0 Å². The average Bonchev–Trinajstić information content (AvgIpc) is 2.77. The predicted molar refractivity (Wildman–Crippen MR) is 69.1 cm³/mol. The first-order valence-corrected chi connectivity index (χ1v) is 5.90. The molecule has 3 N–H and O–H groups in total. The van der Waals surface area contributed by atoms with E-state index in [0.717, 1.165) is 18.2 Å². The molecule has 5 heteroatoms. The van der Waals surface area contributed by atoms with Crippen molar-refractivity contribution in [3.05, 3.63) is 30.0 Å². The van der Waals surface area contributed by atoms with Crippen LogP contribution >= 0.6 is 0 Å². The van der Waals surface area contributed by atoms with Crippen LogP contribution in [0.2, 0.25) is 0 Å². The van der Waals surface area contributed by atoms with Crippen molar-refractivity contribution in [2.45, 2.75) is 19.8 Å². The first-order chi connectivity index (χ1) is 8.77. The number of fused-ring (bicyclic) bond motifs is 1. The molecule has 0 saturated carbocycles. The van der Waals surface area contributed by atoms with Crippen LogP contribution in [0, 0.1) is 0 Å². The van der Waals surface area contributed by atoms with Crippen molar-refractivity contribution < 1.29 is 14.4 Å². The second kappa shape index (κ2) is 5.44. The highest BCUT2D eigenvalue weighted by atomic mass is 16.5. The summed E-state index contributed by atoms with van der Waals surface area (Å²) >= 11 is 0. The lowest BCUT2D eigenvalue weighted by atomic mass is 10.2. The highest BCUT2D eigenvalue weighted by molar-refractivity contribution is 6.03. The van der Waals surface area contributed by atoms with Gasteiger partial charge in [-0.2, -0.15) is 0 Å². The van der Waals surface area contributed by atoms with Crippen LogP contribution in [-0.4, -0.2) is 17.6 Å². The molecule has 0 spiro atoms. The molecule has 1 aromatic heterocycles. The van der Waals surface area contributed by atoms with Crippen molar-refractivity contribution in [2.75, 3.05) is 6.61 Å². The first-order valence-electron chi connectivity index (χ1n) is 5.90. The van der Waals surface area contributed by atoms with Crippen molar-refractivity contribution >= 4 is 16.8 Å². The van der Waals surface area contributed by atoms with Gasteiger partial charge in [-0.25, -0.2) is 0 Å². The van der Waals surface area contributed by atoms with Crippen LogP contribution in [-0.2, 0) is 0 Å². The number of rotatable bonds is 5. The smallest absolute Gasteiger partial charge is 0.215 e. The van der Waals surface area contributed by atoms with Crippen LogP contribution in [0.15, 0.2) is 33.8 Å². The second-order valence-electron chi connectivity index (χ2n) is 3.94. The molecule has 0 aliphatic heterocycles. The van der Waals surface area contributed by atoms with Crippen LogP contribution in [0.5, 0.6) is 5.75 Å². The average molecular weight is 248 g/mol. The Morgan fingerprint density at radius 2 is 2.22 bits per heavy atom. The highest BCUT2D eigenvalue weighted by Crippen LogP contribution is 2.33. The molecule has 0 saturated heterocycles. The van der Waals surface area contributed by atoms with Crippen LogP contribution in [0.25, 0.3) is 11.0 Å². The van der Waals surface area contributed by atoms with E-state index in [1.165, 1.54) is 0 Å². The Kier molecular flexibility index (Phi) is 3.72. The topological polar surface area (TPSA) is 81.0 Å². The summed E-state index contributed by atoms with van der Waals surface area (Å²) < 4.78 is 11.2. The van der Waals surface area contributed by atoms with E-state index in [2.05, 4.69) is 12.1 Å². The van der Waals surface area contributed by atoms with E-state index in [1.807, 2.05) is 24.3 Å². The molecule has 0 fully saturated rings. The molecule has 2 aromatic rings. The Morgan fingerprint density at radius 3 is 2.94 bits per heavy atom. The van der Waals surface area contributed by atoms with Crippen molar-refractivity contribution in [1.29, 1.82) is 0 Å². The van der Waals surface area contributed by atoms with Crippen molar-refractivity contribution in [2.24, 2.45) is 10.9 Å². The van der Waals surface area contributed by atoms with E-state index in [-0.39, 0.29) is 11.6 Å². The molecule has 0 atom stereocenters. The van der Waals surface area contributed by atoms with Gasteiger partial charge >= 0.3 is 0 Å². The van der Waals surface area contributed by atoms with Crippen LogP contribution < -0.4 is 10.5 Å². The normalized spacial score (nSPS) is 11.9. The van der Waals surface area contributed by atoms with Crippen LogP contribution in [0.4, 0.5) is 0 Å². The zero-order chi connectivity index (χ0) is 13.0. The lowest BCUT2D eigenvalue weighted by Crippen LogP contribution is -2.13. The number of ether oxygens (including phenoxy) is 1. The Hall–Kier alpha value is -2.17. The summed E-state index contributed by atoms with van der Waals surface area (Å²) in [5, 5.41) is 12.5. The fourth-order valence-corrected chi connectivity index (χ4v) is 1.70. The quantitative estimate of drug-likeness (QED) is 0.280. The number of nitrogens with two attached hydrogens (primary N) is 1. The molecule has 2 rings (SSSR count). The molecule has 1 aromatic carbocycles. The number of hydrogen-bond donors (Lipinski definition) is 2. The molecule has 0 bridgehead atoms. The largest absolute Gasteiger partial charge is 0.489 e. The third-order valence-corrected chi connectivity index (χ3v) is 2.63. The Bertz CT molecular complexity index is 560. The summed E-state index contributed by atoms with van der Waals surface area (Å²) in [6.07, 6.45) is 1.98. The molecule has 0 radical (unpaired) electrons. The minimum Gasteiger partial charge on any atom is -0.489 e. The van der Waals surface area contributed by atoms with Gasteiger partial charge in [-0.05, 0) is 18.6 Å². The van der Waals surface area contributed by atoms with Crippen LogP contribution in [0.1, 0.15) is 25.5 Å². The molecule has 1 heterocycles.